The summed E-state index contributed by atoms with van der Waals surface area (Å²) >= 11 is 0. The number of carbonyl (C=O) groups excluding carboxylic acids is 2. The predicted molar refractivity (Wildman–Crippen MR) is 121 cm³/mol. The Hall–Kier alpha value is -3.02. The van der Waals surface area contributed by atoms with Crippen LogP contribution in [-0.4, -0.2) is 48.1 Å². The molecule has 5 rings (SSSR count). The quantitative estimate of drug-likeness (QED) is 0.754. The molecule has 1 atom stereocenters. The lowest BCUT2D eigenvalue weighted by Gasteiger charge is -2.46. The molecule has 1 saturated heterocycles. The Bertz CT molecular complexity index is 965. The molecule has 32 heavy (non-hydrogen) atoms. The van der Waals surface area contributed by atoms with Gasteiger partial charge in [0.2, 0.25) is 5.91 Å². The van der Waals surface area contributed by atoms with Crippen molar-refractivity contribution in [3.05, 3.63) is 60.2 Å². The van der Waals surface area contributed by atoms with E-state index < -0.39 is 0 Å². The molecule has 6 heteroatoms. The van der Waals surface area contributed by atoms with E-state index in [1.807, 2.05) is 53.4 Å². The normalized spacial score (nSPS) is 21.4. The molecule has 1 unspecified atom stereocenters. The van der Waals surface area contributed by atoms with Crippen LogP contribution in [0.15, 0.2) is 54.6 Å². The second kappa shape index (κ2) is 8.85. The maximum Gasteiger partial charge on any atom is 0.260 e. The number of likely N-dealkylation sites (tertiary alicyclic amines) is 1. The van der Waals surface area contributed by atoms with Gasteiger partial charge >= 0.3 is 0 Å². The van der Waals surface area contributed by atoms with E-state index in [1.54, 1.807) is 0 Å². The zero-order valence-electron chi connectivity index (χ0n) is 18.3. The minimum absolute atomic E-state index is 0.000254. The van der Waals surface area contributed by atoms with Gasteiger partial charge in [-0.05, 0) is 43.0 Å². The number of nitrogens with zero attached hydrogens (tertiary/aromatic N) is 1. The molecule has 2 aromatic rings. The van der Waals surface area contributed by atoms with Crippen molar-refractivity contribution in [1.29, 1.82) is 0 Å². The summed E-state index contributed by atoms with van der Waals surface area (Å²) < 4.78 is 12.2. The SMILES string of the molecule is O=C(CC1CC2(CCN(C(=O)COc3ccccc3)CC2)Oc2ccccc21)NC1CC1. The molecule has 0 bridgehead atoms. The van der Waals surface area contributed by atoms with Gasteiger partial charge in [0.1, 0.15) is 17.1 Å². The molecule has 1 spiro atoms. The van der Waals surface area contributed by atoms with Crippen LogP contribution in [0, 0.1) is 0 Å². The van der Waals surface area contributed by atoms with Crippen LogP contribution >= 0.6 is 0 Å². The first-order chi connectivity index (χ1) is 15.6. The molecule has 2 fully saturated rings. The average molecular weight is 435 g/mol. The highest BCUT2D eigenvalue weighted by Crippen LogP contribution is 2.46. The van der Waals surface area contributed by atoms with Crippen molar-refractivity contribution in [2.45, 2.75) is 56.1 Å². The maximum atomic E-state index is 12.7. The van der Waals surface area contributed by atoms with Gasteiger partial charge < -0.3 is 19.7 Å². The van der Waals surface area contributed by atoms with Crippen molar-refractivity contribution in [3.63, 3.8) is 0 Å². The van der Waals surface area contributed by atoms with Crippen LogP contribution < -0.4 is 14.8 Å². The van der Waals surface area contributed by atoms with Crippen LogP contribution in [-0.2, 0) is 9.59 Å². The summed E-state index contributed by atoms with van der Waals surface area (Å²) in [5, 5.41) is 3.13. The van der Waals surface area contributed by atoms with E-state index in [-0.39, 0.29) is 29.9 Å². The van der Waals surface area contributed by atoms with Gasteiger partial charge in [0.25, 0.3) is 5.91 Å². The summed E-state index contributed by atoms with van der Waals surface area (Å²) in [5.74, 6) is 1.86. The first-order valence-corrected chi connectivity index (χ1v) is 11.6. The minimum Gasteiger partial charge on any atom is -0.487 e. The van der Waals surface area contributed by atoms with Gasteiger partial charge in [0.05, 0.1) is 0 Å². The van der Waals surface area contributed by atoms with Gasteiger partial charge in [-0.25, -0.2) is 0 Å². The fourth-order valence-corrected chi connectivity index (χ4v) is 4.89. The van der Waals surface area contributed by atoms with Gasteiger partial charge in [-0.15, -0.1) is 0 Å². The fourth-order valence-electron chi connectivity index (χ4n) is 4.89. The first-order valence-electron chi connectivity index (χ1n) is 11.6. The molecule has 0 radical (unpaired) electrons. The third-order valence-electron chi connectivity index (χ3n) is 6.81. The summed E-state index contributed by atoms with van der Waals surface area (Å²) in [4.78, 5) is 27.1. The minimum atomic E-state index is -0.323. The lowest BCUT2D eigenvalue weighted by atomic mass is 9.76. The fraction of sp³-hybridized carbons (Fsp3) is 0.462. The molecule has 2 amide bonds. The summed E-state index contributed by atoms with van der Waals surface area (Å²) in [6.07, 6.45) is 5.02. The van der Waals surface area contributed by atoms with E-state index in [2.05, 4.69) is 11.4 Å². The molecule has 168 valence electrons. The first kappa shape index (κ1) is 20.9. The van der Waals surface area contributed by atoms with Gasteiger partial charge in [0.15, 0.2) is 6.61 Å². The van der Waals surface area contributed by atoms with Crippen molar-refractivity contribution in [2.75, 3.05) is 19.7 Å². The van der Waals surface area contributed by atoms with Crippen molar-refractivity contribution in [1.82, 2.24) is 10.2 Å². The summed E-state index contributed by atoms with van der Waals surface area (Å²) in [5.41, 5.74) is 0.800. The Morgan fingerprint density at radius 2 is 1.75 bits per heavy atom. The number of nitrogens with one attached hydrogen (secondary N) is 1. The van der Waals surface area contributed by atoms with E-state index in [1.165, 1.54) is 0 Å². The number of ether oxygens (including phenoxy) is 2. The highest BCUT2D eigenvalue weighted by molar-refractivity contribution is 5.78. The Kier molecular flexibility index (Phi) is 5.77. The summed E-state index contributed by atoms with van der Waals surface area (Å²) in [6.45, 7) is 1.32. The van der Waals surface area contributed by atoms with Crippen molar-refractivity contribution < 1.29 is 19.1 Å². The molecule has 3 aliphatic rings. The molecule has 1 N–H and O–H groups in total. The zero-order chi connectivity index (χ0) is 22.0. The summed E-state index contributed by atoms with van der Waals surface area (Å²) in [6, 6.07) is 17.9. The number of benzene rings is 2. The molecule has 1 aliphatic carbocycles. The zero-order valence-corrected chi connectivity index (χ0v) is 18.3. The molecule has 0 aromatic heterocycles. The summed E-state index contributed by atoms with van der Waals surface area (Å²) in [7, 11) is 0. The Morgan fingerprint density at radius 3 is 2.50 bits per heavy atom. The van der Waals surface area contributed by atoms with Gasteiger partial charge in [0, 0.05) is 44.3 Å². The maximum absolute atomic E-state index is 12.7. The van der Waals surface area contributed by atoms with E-state index in [4.69, 9.17) is 9.47 Å². The number of rotatable bonds is 6. The van der Waals surface area contributed by atoms with Crippen LogP contribution in [0.25, 0.3) is 0 Å². The van der Waals surface area contributed by atoms with Gasteiger partial charge in [-0.3, -0.25) is 9.59 Å². The smallest absolute Gasteiger partial charge is 0.260 e. The third kappa shape index (κ3) is 4.74. The van der Waals surface area contributed by atoms with Gasteiger partial charge in [-0.1, -0.05) is 36.4 Å². The van der Waals surface area contributed by atoms with E-state index in [9.17, 15) is 9.59 Å². The lowest BCUT2D eigenvalue weighted by molar-refractivity contribution is -0.137. The average Bonchev–Trinajstić information content (AvgIpc) is 3.62. The second-order valence-electron chi connectivity index (χ2n) is 9.25. The van der Waals surface area contributed by atoms with Crippen LogP contribution in [0.4, 0.5) is 0 Å². The van der Waals surface area contributed by atoms with E-state index >= 15 is 0 Å². The van der Waals surface area contributed by atoms with E-state index in [0.29, 0.717) is 31.3 Å². The molecule has 2 aliphatic heterocycles. The third-order valence-corrected chi connectivity index (χ3v) is 6.81. The van der Waals surface area contributed by atoms with Crippen molar-refractivity contribution in [2.24, 2.45) is 0 Å². The number of hydrogen-bond donors (Lipinski definition) is 1. The standard InChI is InChI=1S/C26H30N2O4/c29-24(27-20-10-11-20)16-19-17-26(32-23-9-5-4-8-22(19)23)12-14-28(15-13-26)25(30)18-31-21-6-2-1-3-7-21/h1-9,19-20H,10-18H2,(H,27,29). The molecule has 2 heterocycles. The predicted octanol–water partition coefficient (Wildman–Crippen LogP) is 3.66. The highest BCUT2D eigenvalue weighted by atomic mass is 16.5. The number of amides is 2. The second-order valence-corrected chi connectivity index (χ2v) is 9.25. The monoisotopic (exact) mass is 434 g/mol. The van der Waals surface area contributed by atoms with Crippen LogP contribution in [0.2, 0.25) is 0 Å². The van der Waals surface area contributed by atoms with Crippen molar-refractivity contribution >= 4 is 11.8 Å². The number of para-hydroxylation sites is 2. The largest absolute Gasteiger partial charge is 0.487 e. The number of piperidine rings is 1. The Labute approximate surface area is 188 Å². The lowest BCUT2D eigenvalue weighted by Crippen LogP contribution is -2.52. The molecular formula is C26H30N2O4. The number of hydrogen-bond acceptors (Lipinski definition) is 4. The molecule has 6 nitrogen and oxygen atoms in total. The van der Waals surface area contributed by atoms with Crippen LogP contribution in [0.1, 0.15) is 50.0 Å². The van der Waals surface area contributed by atoms with Crippen LogP contribution in [0.5, 0.6) is 11.5 Å². The number of fused-ring (bicyclic) bond motifs is 1. The Balaban J connectivity index is 1.21. The molecular weight excluding hydrogens is 404 g/mol. The molecule has 2 aromatic carbocycles. The van der Waals surface area contributed by atoms with Crippen LogP contribution in [0.3, 0.4) is 0 Å². The van der Waals surface area contributed by atoms with Crippen molar-refractivity contribution in [3.8, 4) is 11.5 Å². The molecule has 1 saturated carbocycles. The Morgan fingerprint density at radius 1 is 1.03 bits per heavy atom. The van der Waals surface area contributed by atoms with Gasteiger partial charge in [-0.2, -0.15) is 0 Å². The van der Waals surface area contributed by atoms with E-state index in [0.717, 1.165) is 43.4 Å². The topological polar surface area (TPSA) is 67.9 Å². The number of carbonyl (C=O) groups is 2. The highest BCUT2D eigenvalue weighted by Gasteiger charge is 2.44.